The summed E-state index contributed by atoms with van der Waals surface area (Å²) in [5.41, 5.74) is 12.7. The van der Waals surface area contributed by atoms with Gasteiger partial charge >= 0.3 is 6.09 Å². The molecule has 274 valence electrons. The van der Waals surface area contributed by atoms with E-state index in [1.807, 2.05) is 55.5 Å². The Morgan fingerprint density at radius 2 is 1.43 bits per heavy atom. The normalized spacial score (nSPS) is 12.8. The molecule has 51 heavy (non-hydrogen) atoms. The third kappa shape index (κ3) is 12.0. The van der Waals surface area contributed by atoms with Crippen molar-refractivity contribution in [1.29, 1.82) is 0 Å². The minimum absolute atomic E-state index is 0.0225. The zero-order valence-corrected chi connectivity index (χ0v) is 30.7. The van der Waals surface area contributed by atoms with E-state index in [0.717, 1.165) is 11.1 Å². The van der Waals surface area contributed by atoms with E-state index in [1.165, 1.54) is 0 Å². The standard InChI is InChI=1S/C40H55N7O4/c1-6-35(40(29-30(2)46(3)4,32-21-12-8-13-22-32)33-23-14-9-15-24-33)51-39(50)47(5)28-17-16-26-43-37(49)34(25-18-27-44-38(41)42)45-36(48)31-19-10-7-11-20-31/h6-15,19-24,30,34H,16-18,25-29H2,1-5H3,(H,43,49)(H,45,48)(H4,41,42,44)/b35-6+/t30-,34+/m1/s1. The smallest absolute Gasteiger partial charge is 0.414 e. The second-order valence-electron chi connectivity index (χ2n) is 12.9. The minimum Gasteiger partial charge on any atom is -0.414 e. The van der Waals surface area contributed by atoms with Gasteiger partial charge in [-0.15, -0.1) is 0 Å². The molecule has 0 aromatic heterocycles. The zero-order valence-electron chi connectivity index (χ0n) is 30.7. The largest absolute Gasteiger partial charge is 0.414 e. The first-order valence-electron chi connectivity index (χ1n) is 17.6. The summed E-state index contributed by atoms with van der Waals surface area (Å²) >= 11 is 0. The molecule has 6 N–H and O–H groups in total. The summed E-state index contributed by atoms with van der Waals surface area (Å²) in [7, 11) is 5.83. The number of nitrogens with one attached hydrogen (secondary N) is 2. The first-order chi connectivity index (χ1) is 24.5. The van der Waals surface area contributed by atoms with Crippen molar-refractivity contribution in [3.63, 3.8) is 0 Å². The number of allylic oxidation sites excluding steroid dienone is 2. The topological polar surface area (TPSA) is 155 Å². The summed E-state index contributed by atoms with van der Waals surface area (Å²) in [5, 5.41) is 5.76. The molecule has 0 heterocycles. The van der Waals surface area contributed by atoms with Crippen molar-refractivity contribution in [3.8, 4) is 0 Å². The lowest BCUT2D eigenvalue weighted by molar-refractivity contribution is -0.123. The number of benzene rings is 3. The van der Waals surface area contributed by atoms with Crippen molar-refractivity contribution in [2.45, 2.75) is 63.5 Å². The van der Waals surface area contributed by atoms with Crippen LogP contribution in [-0.2, 0) is 14.9 Å². The highest BCUT2D eigenvalue weighted by atomic mass is 16.6. The maximum Gasteiger partial charge on any atom is 0.414 e. The lowest BCUT2D eigenvalue weighted by atomic mass is 9.68. The van der Waals surface area contributed by atoms with E-state index >= 15 is 0 Å². The van der Waals surface area contributed by atoms with Crippen LogP contribution in [0.15, 0.2) is 108 Å². The fourth-order valence-corrected chi connectivity index (χ4v) is 5.93. The summed E-state index contributed by atoms with van der Waals surface area (Å²) in [5.74, 6) is -0.0792. The monoisotopic (exact) mass is 697 g/mol. The number of hydrogen-bond acceptors (Lipinski definition) is 6. The molecular formula is C40H55N7O4. The number of amides is 3. The number of carbonyl (C=O) groups is 3. The van der Waals surface area contributed by atoms with Crippen LogP contribution in [0.2, 0.25) is 0 Å². The molecule has 0 aliphatic rings. The van der Waals surface area contributed by atoms with E-state index in [2.05, 4.69) is 65.8 Å². The Morgan fingerprint density at radius 3 is 1.96 bits per heavy atom. The maximum absolute atomic E-state index is 13.6. The highest BCUT2D eigenvalue weighted by Gasteiger charge is 2.42. The first kappa shape index (κ1) is 40.3. The first-order valence-corrected chi connectivity index (χ1v) is 17.6. The second kappa shape index (κ2) is 20.5. The van der Waals surface area contributed by atoms with Gasteiger partial charge in [-0.3, -0.25) is 14.6 Å². The SMILES string of the molecule is C/C=C(/OC(=O)N(C)CCCCNC(=O)[C@H](CCCN=C(N)N)NC(=O)c1ccccc1)C(C[C@@H](C)N(C)C)(c1ccccc1)c1ccccc1. The van der Waals surface area contributed by atoms with Crippen LogP contribution < -0.4 is 22.1 Å². The molecule has 0 unspecified atom stereocenters. The molecule has 11 heteroatoms. The summed E-state index contributed by atoms with van der Waals surface area (Å²) in [6.07, 6.45) is 4.25. The van der Waals surface area contributed by atoms with Crippen LogP contribution in [-0.4, -0.2) is 86.5 Å². The van der Waals surface area contributed by atoms with Gasteiger partial charge in [0.1, 0.15) is 11.8 Å². The van der Waals surface area contributed by atoms with Gasteiger partial charge in [0.2, 0.25) is 5.91 Å². The van der Waals surface area contributed by atoms with Gasteiger partial charge in [0.05, 0.1) is 5.41 Å². The van der Waals surface area contributed by atoms with Crippen LogP contribution in [0.5, 0.6) is 0 Å². The Morgan fingerprint density at radius 1 is 0.863 bits per heavy atom. The highest BCUT2D eigenvalue weighted by Crippen LogP contribution is 2.44. The third-order valence-electron chi connectivity index (χ3n) is 9.03. The zero-order chi connectivity index (χ0) is 37.2. The molecule has 0 spiro atoms. The van der Waals surface area contributed by atoms with Crippen LogP contribution in [0.1, 0.15) is 67.4 Å². The Bertz CT molecular complexity index is 1540. The fraction of sp³-hybridized carbons (Fsp3) is 0.400. The molecule has 0 aliphatic carbocycles. The number of guanidine groups is 1. The Hall–Kier alpha value is -5.16. The predicted molar refractivity (Wildman–Crippen MR) is 204 cm³/mol. The van der Waals surface area contributed by atoms with Gasteiger partial charge in [0.15, 0.2) is 5.96 Å². The number of nitrogens with two attached hydrogens (primary N) is 2. The van der Waals surface area contributed by atoms with Gasteiger partial charge in [-0.05, 0) is 89.4 Å². The molecule has 0 saturated carbocycles. The van der Waals surface area contributed by atoms with E-state index in [-0.39, 0.29) is 23.8 Å². The van der Waals surface area contributed by atoms with Crippen molar-refractivity contribution in [3.05, 3.63) is 120 Å². The molecule has 0 bridgehead atoms. The summed E-state index contributed by atoms with van der Waals surface area (Å²) < 4.78 is 6.27. The van der Waals surface area contributed by atoms with Crippen LogP contribution in [0.4, 0.5) is 4.79 Å². The molecule has 0 fully saturated rings. The van der Waals surface area contributed by atoms with Gasteiger partial charge in [-0.2, -0.15) is 0 Å². The maximum atomic E-state index is 13.6. The van der Waals surface area contributed by atoms with Gasteiger partial charge in [-0.1, -0.05) is 78.9 Å². The van der Waals surface area contributed by atoms with Gasteiger partial charge < -0.3 is 36.6 Å². The van der Waals surface area contributed by atoms with E-state index < -0.39 is 17.6 Å². The van der Waals surface area contributed by atoms with E-state index in [0.29, 0.717) is 63.1 Å². The van der Waals surface area contributed by atoms with Crippen LogP contribution in [0, 0.1) is 0 Å². The molecular weight excluding hydrogens is 642 g/mol. The number of hydrogen-bond donors (Lipinski definition) is 4. The average Bonchev–Trinajstić information content (AvgIpc) is 3.14. The number of unbranched alkanes of at least 4 members (excludes halogenated alkanes) is 1. The molecule has 0 radical (unpaired) electrons. The molecule has 3 amide bonds. The lowest BCUT2D eigenvalue weighted by Crippen LogP contribution is -2.47. The Kier molecular flexibility index (Phi) is 16.2. The molecule has 11 nitrogen and oxygen atoms in total. The number of ether oxygens (including phenoxy) is 1. The Balaban J connectivity index is 1.64. The van der Waals surface area contributed by atoms with Crippen molar-refractivity contribution < 1.29 is 19.1 Å². The van der Waals surface area contributed by atoms with Crippen LogP contribution >= 0.6 is 0 Å². The van der Waals surface area contributed by atoms with Crippen molar-refractivity contribution >= 4 is 23.9 Å². The van der Waals surface area contributed by atoms with E-state index in [9.17, 15) is 14.4 Å². The van der Waals surface area contributed by atoms with Crippen LogP contribution in [0.25, 0.3) is 0 Å². The van der Waals surface area contributed by atoms with Gasteiger partial charge in [0.25, 0.3) is 5.91 Å². The number of rotatable bonds is 19. The van der Waals surface area contributed by atoms with E-state index in [4.69, 9.17) is 16.2 Å². The fourth-order valence-electron chi connectivity index (χ4n) is 5.93. The molecule has 3 aromatic rings. The summed E-state index contributed by atoms with van der Waals surface area (Å²) in [6, 6.07) is 28.5. The predicted octanol–water partition coefficient (Wildman–Crippen LogP) is 5.03. The summed E-state index contributed by atoms with van der Waals surface area (Å²) in [4.78, 5) is 47.3. The average molecular weight is 698 g/mol. The van der Waals surface area contributed by atoms with Crippen molar-refractivity contribution in [2.24, 2.45) is 16.5 Å². The molecule has 3 aromatic carbocycles. The lowest BCUT2D eigenvalue weighted by Gasteiger charge is -2.40. The molecule has 3 rings (SSSR count). The molecule has 2 atom stereocenters. The minimum atomic E-state index is -0.756. The quantitative estimate of drug-likeness (QED) is 0.0593. The van der Waals surface area contributed by atoms with Crippen molar-refractivity contribution in [1.82, 2.24) is 20.4 Å². The van der Waals surface area contributed by atoms with Gasteiger partial charge in [-0.25, -0.2) is 4.79 Å². The third-order valence-corrected chi connectivity index (χ3v) is 9.03. The number of carbonyl (C=O) groups excluding carboxylic acids is 3. The second-order valence-corrected chi connectivity index (χ2v) is 12.9. The highest BCUT2D eigenvalue weighted by molar-refractivity contribution is 5.97. The molecule has 0 aliphatic heterocycles. The Labute approximate surface area is 303 Å². The van der Waals surface area contributed by atoms with Crippen LogP contribution in [0.3, 0.4) is 0 Å². The van der Waals surface area contributed by atoms with E-state index in [1.54, 1.807) is 36.2 Å². The van der Waals surface area contributed by atoms with Crippen molar-refractivity contribution in [2.75, 3.05) is 40.8 Å². The molecule has 0 saturated heterocycles. The van der Waals surface area contributed by atoms with Gasteiger partial charge in [0, 0.05) is 38.3 Å². The number of aliphatic imine (C=N–C) groups is 1. The summed E-state index contributed by atoms with van der Waals surface area (Å²) in [6.45, 7) is 5.23. The number of nitrogens with zero attached hydrogens (tertiary/aromatic N) is 3.